The van der Waals surface area contributed by atoms with E-state index in [4.69, 9.17) is 5.73 Å². The Bertz CT molecular complexity index is 244. The fraction of sp³-hybridized carbons (Fsp3) is 0.636. The molecule has 3 heteroatoms. The molecule has 0 bridgehead atoms. The van der Waals surface area contributed by atoms with E-state index in [2.05, 4.69) is 42.5 Å². The summed E-state index contributed by atoms with van der Waals surface area (Å²) in [5.41, 5.74) is 7.20. The van der Waals surface area contributed by atoms with Gasteiger partial charge in [0.1, 0.15) is 0 Å². The second kappa shape index (κ2) is 5.49. The molecule has 0 saturated heterocycles. The predicted octanol–water partition coefficient (Wildman–Crippen LogP) is 2.48. The first-order valence-corrected chi connectivity index (χ1v) is 6.12. The van der Waals surface area contributed by atoms with Crippen molar-refractivity contribution in [2.24, 2.45) is 5.73 Å². The molecule has 1 rings (SSSR count). The molecule has 14 heavy (non-hydrogen) atoms. The standard InChI is InChI=1S/C11H20N2S/c1-4-13(9(2)3)11(7-12)10-5-6-14-8-10/h5-6,8-9,11H,4,7,12H2,1-3H3. The van der Waals surface area contributed by atoms with Crippen LogP contribution in [0.4, 0.5) is 0 Å². The summed E-state index contributed by atoms with van der Waals surface area (Å²) in [6, 6.07) is 3.10. The molecule has 0 fully saturated rings. The molecule has 1 unspecified atom stereocenters. The van der Waals surface area contributed by atoms with Crippen molar-refractivity contribution in [3.8, 4) is 0 Å². The zero-order valence-corrected chi connectivity index (χ0v) is 10.1. The van der Waals surface area contributed by atoms with Crippen LogP contribution in [0.1, 0.15) is 32.4 Å². The zero-order valence-electron chi connectivity index (χ0n) is 9.23. The summed E-state index contributed by atoms with van der Waals surface area (Å²) in [4.78, 5) is 2.43. The molecule has 1 aromatic heterocycles. The Labute approximate surface area is 90.7 Å². The molecular weight excluding hydrogens is 192 g/mol. The Kier molecular flexibility index (Phi) is 4.58. The quantitative estimate of drug-likeness (QED) is 0.812. The van der Waals surface area contributed by atoms with Crippen molar-refractivity contribution in [1.82, 2.24) is 4.90 Å². The zero-order chi connectivity index (χ0) is 10.6. The molecule has 0 aliphatic carbocycles. The van der Waals surface area contributed by atoms with Gasteiger partial charge in [0.25, 0.3) is 0 Å². The van der Waals surface area contributed by atoms with Gasteiger partial charge in [0.15, 0.2) is 0 Å². The molecule has 80 valence electrons. The van der Waals surface area contributed by atoms with Crippen molar-refractivity contribution in [1.29, 1.82) is 0 Å². The Balaban J connectivity index is 2.79. The Hall–Kier alpha value is -0.380. The summed E-state index contributed by atoms with van der Waals surface area (Å²) in [5, 5.41) is 4.31. The minimum Gasteiger partial charge on any atom is -0.329 e. The fourth-order valence-corrected chi connectivity index (χ4v) is 2.58. The van der Waals surface area contributed by atoms with Crippen LogP contribution in [0.2, 0.25) is 0 Å². The highest BCUT2D eigenvalue weighted by molar-refractivity contribution is 7.07. The summed E-state index contributed by atoms with van der Waals surface area (Å²) < 4.78 is 0. The third-order valence-electron chi connectivity index (χ3n) is 2.58. The van der Waals surface area contributed by atoms with Crippen LogP contribution in [0.25, 0.3) is 0 Å². The molecule has 1 atom stereocenters. The molecule has 0 aliphatic heterocycles. The van der Waals surface area contributed by atoms with E-state index >= 15 is 0 Å². The van der Waals surface area contributed by atoms with Gasteiger partial charge in [-0.25, -0.2) is 0 Å². The van der Waals surface area contributed by atoms with Crippen LogP contribution in [-0.4, -0.2) is 24.0 Å². The van der Waals surface area contributed by atoms with Gasteiger partial charge in [-0.05, 0) is 42.8 Å². The third-order valence-corrected chi connectivity index (χ3v) is 3.28. The van der Waals surface area contributed by atoms with Gasteiger partial charge in [0.2, 0.25) is 0 Å². The van der Waals surface area contributed by atoms with E-state index < -0.39 is 0 Å². The first-order chi connectivity index (χ1) is 6.70. The van der Waals surface area contributed by atoms with Gasteiger partial charge in [-0.1, -0.05) is 6.92 Å². The summed E-state index contributed by atoms with van der Waals surface area (Å²) in [6.45, 7) is 8.38. The summed E-state index contributed by atoms with van der Waals surface area (Å²) in [6.07, 6.45) is 0. The monoisotopic (exact) mass is 212 g/mol. The highest BCUT2D eigenvalue weighted by Crippen LogP contribution is 2.23. The highest BCUT2D eigenvalue weighted by Gasteiger charge is 2.19. The van der Waals surface area contributed by atoms with Gasteiger partial charge >= 0.3 is 0 Å². The molecule has 1 aromatic rings. The molecule has 0 aliphatic rings. The van der Waals surface area contributed by atoms with E-state index in [1.54, 1.807) is 11.3 Å². The van der Waals surface area contributed by atoms with Gasteiger partial charge in [0, 0.05) is 18.6 Å². The summed E-state index contributed by atoms with van der Waals surface area (Å²) in [5.74, 6) is 0. The second-order valence-corrected chi connectivity index (χ2v) is 4.51. The molecule has 0 saturated carbocycles. The van der Waals surface area contributed by atoms with Crippen LogP contribution in [0, 0.1) is 0 Å². The maximum atomic E-state index is 5.84. The first kappa shape index (κ1) is 11.7. The molecule has 0 radical (unpaired) electrons. The largest absolute Gasteiger partial charge is 0.329 e. The molecule has 0 aromatic carbocycles. The Morgan fingerprint density at radius 1 is 1.50 bits per heavy atom. The minimum atomic E-state index is 0.381. The Morgan fingerprint density at radius 2 is 2.21 bits per heavy atom. The van der Waals surface area contributed by atoms with Crippen LogP contribution < -0.4 is 5.73 Å². The van der Waals surface area contributed by atoms with E-state index in [0.29, 0.717) is 18.6 Å². The highest BCUT2D eigenvalue weighted by atomic mass is 32.1. The fourth-order valence-electron chi connectivity index (χ4n) is 1.87. The first-order valence-electron chi connectivity index (χ1n) is 5.18. The SMILES string of the molecule is CCN(C(C)C)C(CN)c1ccsc1. The number of rotatable bonds is 5. The van der Waals surface area contributed by atoms with Crippen LogP contribution in [0.5, 0.6) is 0 Å². The number of nitrogens with zero attached hydrogens (tertiary/aromatic N) is 1. The maximum Gasteiger partial charge on any atom is 0.0481 e. The van der Waals surface area contributed by atoms with Gasteiger partial charge in [0.05, 0.1) is 0 Å². The van der Waals surface area contributed by atoms with E-state index in [1.165, 1.54) is 5.56 Å². The summed E-state index contributed by atoms with van der Waals surface area (Å²) in [7, 11) is 0. The molecule has 2 N–H and O–H groups in total. The molecule has 1 heterocycles. The van der Waals surface area contributed by atoms with Crippen LogP contribution >= 0.6 is 11.3 Å². The van der Waals surface area contributed by atoms with Crippen molar-refractivity contribution in [3.05, 3.63) is 22.4 Å². The lowest BCUT2D eigenvalue weighted by atomic mass is 10.1. The van der Waals surface area contributed by atoms with Crippen molar-refractivity contribution in [2.75, 3.05) is 13.1 Å². The van der Waals surface area contributed by atoms with Gasteiger partial charge in [-0.15, -0.1) is 0 Å². The molecule has 2 nitrogen and oxygen atoms in total. The van der Waals surface area contributed by atoms with E-state index in [9.17, 15) is 0 Å². The van der Waals surface area contributed by atoms with Crippen molar-refractivity contribution >= 4 is 11.3 Å². The van der Waals surface area contributed by atoms with Crippen molar-refractivity contribution in [2.45, 2.75) is 32.9 Å². The molecule has 0 spiro atoms. The van der Waals surface area contributed by atoms with Gasteiger partial charge < -0.3 is 5.73 Å². The number of hydrogen-bond donors (Lipinski definition) is 1. The number of hydrogen-bond acceptors (Lipinski definition) is 3. The van der Waals surface area contributed by atoms with Crippen LogP contribution in [0.3, 0.4) is 0 Å². The Morgan fingerprint density at radius 3 is 2.57 bits per heavy atom. The number of likely N-dealkylation sites (N-methyl/N-ethyl adjacent to an activating group) is 1. The average molecular weight is 212 g/mol. The predicted molar refractivity (Wildman–Crippen MR) is 63.6 cm³/mol. The van der Waals surface area contributed by atoms with Crippen molar-refractivity contribution in [3.63, 3.8) is 0 Å². The molecular formula is C11H20N2S. The van der Waals surface area contributed by atoms with E-state index in [-0.39, 0.29) is 0 Å². The number of thiophene rings is 1. The maximum absolute atomic E-state index is 5.84. The summed E-state index contributed by atoms with van der Waals surface area (Å²) >= 11 is 1.74. The average Bonchev–Trinajstić information content (AvgIpc) is 2.65. The third kappa shape index (κ3) is 2.56. The topological polar surface area (TPSA) is 29.3 Å². The van der Waals surface area contributed by atoms with Gasteiger partial charge in [-0.3, -0.25) is 4.90 Å². The van der Waals surface area contributed by atoms with Crippen LogP contribution in [-0.2, 0) is 0 Å². The second-order valence-electron chi connectivity index (χ2n) is 3.73. The van der Waals surface area contributed by atoms with Crippen LogP contribution in [0.15, 0.2) is 16.8 Å². The minimum absolute atomic E-state index is 0.381. The van der Waals surface area contributed by atoms with E-state index in [0.717, 1.165) is 6.54 Å². The van der Waals surface area contributed by atoms with E-state index in [1.807, 2.05) is 0 Å². The van der Waals surface area contributed by atoms with Gasteiger partial charge in [-0.2, -0.15) is 11.3 Å². The lowest BCUT2D eigenvalue weighted by Crippen LogP contribution is -2.38. The lowest BCUT2D eigenvalue weighted by molar-refractivity contribution is 0.167. The number of nitrogens with two attached hydrogens (primary N) is 1. The smallest absolute Gasteiger partial charge is 0.0481 e. The normalized spacial score (nSPS) is 13.9. The molecule has 0 amide bonds. The lowest BCUT2D eigenvalue weighted by Gasteiger charge is -2.32. The van der Waals surface area contributed by atoms with Crippen molar-refractivity contribution < 1.29 is 0 Å².